The second-order valence-electron chi connectivity index (χ2n) is 4.94. The van der Waals surface area contributed by atoms with Crippen LogP contribution in [-0.4, -0.2) is 66.5 Å². The fourth-order valence-electron chi connectivity index (χ4n) is 2.41. The molecule has 0 aromatic heterocycles. The quantitative estimate of drug-likeness (QED) is 0.700. The fourth-order valence-corrected chi connectivity index (χ4v) is 2.41. The molecule has 0 saturated carbocycles. The van der Waals surface area contributed by atoms with Gasteiger partial charge in [-0.15, -0.1) is 0 Å². The number of amides is 2. The lowest BCUT2D eigenvalue weighted by molar-refractivity contribution is -0.146. The van der Waals surface area contributed by atoms with Gasteiger partial charge in [0, 0.05) is 32.8 Å². The highest BCUT2D eigenvalue weighted by molar-refractivity contribution is 5.83. The molecular weight excluding hydrogens is 234 g/mol. The Bertz CT molecular complexity index is 319. The van der Waals surface area contributed by atoms with Crippen LogP contribution in [0.1, 0.15) is 19.8 Å². The highest BCUT2D eigenvalue weighted by Crippen LogP contribution is 2.16. The Hall–Kier alpha value is -1.14. The lowest BCUT2D eigenvalue weighted by atomic mass is 10.2. The number of carbonyl (C=O) groups is 2. The van der Waals surface area contributed by atoms with Crippen molar-refractivity contribution in [2.45, 2.75) is 31.9 Å². The van der Waals surface area contributed by atoms with Crippen molar-refractivity contribution >= 4 is 11.8 Å². The summed E-state index contributed by atoms with van der Waals surface area (Å²) >= 11 is 0. The molecule has 2 saturated heterocycles. The van der Waals surface area contributed by atoms with Crippen molar-refractivity contribution in [2.24, 2.45) is 5.73 Å². The van der Waals surface area contributed by atoms with Crippen LogP contribution in [0.3, 0.4) is 0 Å². The van der Waals surface area contributed by atoms with Crippen LogP contribution in [0.4, 0.5) is 0 Å². The van der Waals surface area contributed by atoms with Gasteiger partial charge in [0.05, 0.1) is 6.04 Å². The van der Waals surface area contributed by atoms with E-state index in [-0.39, 0.29) is 17.9 Å². The predicted octanol–water partition coefficient (Wildman–Crippen LogP) is -0.817. The van der Waals surface area contributed by atoms with Gasteiger partial charge in [-0.05, 0) is 19.8 Å². The molecule has 2 amide bonds. The average molecular weight is 255 g/mol. The molecule has 2 aliphatic rings. The van der Waals surface area contributed by atoms with E-state index in [1.807, 2.05) is 0 Å². The number of hydrogen-bond donors (Lipinski definition) is 1. The Balaban J connectivity index is 1.82. The SMILES string of the molecule is C[C@H](N)C(=O)N1CCN(C(=O)C2CCCO2)CC1. The normalized spacial score (nSPS) is 26.2. The number of carbonyl (C=O) groups excluding carboxylic acids is 2. The predicted molar refractivity (Wildman–Crippen MR) is 65.8 cm³/mol. The number of nitrogens with zero attached hydrogens (tertiary/aromatic N) is 2. The Kier molecular flexibility index (Phi) is 4.19. The Morgan fingerprint density at radius 3 is 2.33 bits per heavy atom. The smallest absolute Gasteiger partial charge is 0.251 e. The van der Waals surface area contributed by atoms with Crippen LogP contribution in [0.2, 0.25) is 0 Å². The molecule has 2 rings (SSSR count). The molecule has 2 heterocycles. The third kappa shape index (κ3) is 2.81. The summed E-state index contributed by atoms with van der Waals surface area (Å²) in [5.74, 6) is 0.0274. The fraction of sp³-hybridized carbons (Fsp3) is 0.833. The summed E-state index contributed by atoms with van der Waals surface area (Å²) in [6, 6.07) is -0.467. The molecule has 0 spiro atoms. The van der Waals surface area contributed by atoms with Crippen LogP contribution < -0.4 is 5.73 Å². The van der Waals surface area contributed by atoms with Gasteiger partial charge >= 0.3 is 0 Å². The molecule has 0 bridgehead atoms. The zero-order valence-corrected chi connectivity index (χ0v) is 10.8. The molecular formula is C12H21N3O3. The molecule has 0 aromatic carbocycles. The van der Waals surface area contributed by atoms with Crippen LogP contribution in [0, 0.1) is 0 Å². The van der Waals surface area contributed by atoms with Crippen LogP contribution in [0.25, 0.3) is 0 Å². The van der Waals surface area contributed by atoms with Crippen LogP contribution in [0.15, 0.2) is 0 Å². The summed E-state index contributed by atoms with van der Waals surface area (Å²) in [4.78, 5) is 27.3. The summed E-state index contributed by atoms with van der Waals surface area (Å²) in [5, 5.41) is 0. The molecule has 2 N–H and O–H groups in total. The molecule has 0 aromatic rings. The zero-order valence-electron chi connectivity index (χ0n) is 10.8. The number of ether oxygens (including phenoxy) is 1. The van der Waals surface area contributed by atoms with E-state index in [2.05, 4.69) is 0 Å². The van der Waals surface area contributed by atoms with Gasteiger partial charge in [-0.2, -0.15) is 0 Å². The summed E-state index contributed by atoms with van der Waals surface area (Å²) in [6.45, 7) is 4.66. The van der Waals surface area contributed by atoms with E-state index in [9.17, 15) is 9.59 Å². The second-order valence-corrected chi connectivity index (χ2v) is 4.94. The van der Waals surface area contributed by atoms with Crippen LogP contribution in [-0.2, 0) is 14.3 Å². The zero-order chi connectivity index (χ0) is 13.1. The van der Waals surface area contributed by atoms with Crippen molar-refractivity contribution in [1.29, 1.82) is 0 Å². The first-order chi connectivity index (χ1) is 8.59. The minimum Gasteiger partial charge on any atom is -0.368 e. The monoisotopic (exact) mass is 255 g/mol. The van der Waals surface area contributed by atoms with E-state index in [0.717, 1.165) is 12.8 Å². The highest BCUT2D eigenvalue weighted by Gasteiger charge is 2.31. The van der Waals surface area contributed by atoms with Crippen LogP contribution in [0.5, 0.6) is 0 Å². The minimum absolute atomic E-state index is 0.0424. The molecule has 1 unspecified atom stereocenters. The highest BCUT2D eigenvalue weighted by atomic mass is 16.5. The topological polar surface area (TPSA) is 75.9 Å². The largest absolute Gasteiger partial charge is 0.368 e. The molecule has 2 aliphatic heterocycles. The van der Waals surface area contributed by atoms with Crippen molar-refractivity contribution in [2.75, 3.05) is 32.8 Å². The van der Waals surface area contributed by atoms with Gasteiger partial charge in [0.15, 0.2) is 0 Å². The van der Waals surface area contributed by atoms with Crippen molar-refractivity contribution in [1.82, 2.24) is 9.80 Å². The van der Waals surface area contributed by atoms with Gasteiger partial charge in [0.1, 0.15) is 6.10 Å². The lowest BCUT2D eigenvalue weighted by Gasteiger charge is -2.36. The molecule has 6 heteroatoms. The van der Waals surface area contributed by atoms with Gasteiger partial charge in [-0.25, -0.2) is 0 Å². The van der Waals surface area contributed by atoms with Gasteiger partial charge in [0.2, 0.25) is 5.91 Å². The molecule has 18 heavy (non-hydrogen) atoms. The summed E-state index contributed by atoms with van der Waals surface area (Å²) in [6.07, 6.45) is 1.51. The Labute approximate surface area is 107 Å². The maximum absolute atomic E-state index is 12.1. The van der Waals surface area contributed by atoms with Crippen molar-refractivity contribution in [3.63, 3.8) is 0 Å². The first kappa shape index (κ1) is 13.3. The van der Waals surface area contributed by atoms with Gasteiger partial charge in [-0.3, -0.25) is 9.59 Å². The van der Waals surface area contributed by atoms with E-state index < -0.39 is 6.04 Å². The van der Waals surface area contributed by atoms with Crippen molar-refractivity contribution < 1.29 is 14.3 Å². The number of piperazine rings is 1. The maximum atomic E-state index is 12.1. The molecule has 0 aliphatic carbocycles. The number of nitrogens with two attached hydrogens (primary N) is 1. The third-order valence-corrected chi connectivity index (χ3v) is 3.50. The minimum atomic E-state index is -0.467. The number of hydrogen-bond acceptors (Lipinski definition) is 4. The Morgan fingerprint density at radius 1 is 1.22 bits per heavy atom. The molecule has 0 radical (unpaired) electrons. The number of rotatable bonds is 2. The lowest BCUT2D eigenvalue weighted by Crippen LogP contribution is -2.55. The van der Waals surface area contributed by atoms with Crippen molar-refractivity contribution in [3.05, 3.63) is 0 Å². The molecule has 102 valence electrons. The Morgan fingerprint density at radius 2 is 1.83 bits per heavy atom. The van der Waals surface area contributed by atoms with Crippen LogP contribution >= 0.6 is 0 Å². The first-order valence-electron chi connectivity index (χ1n) is 6.54. The average Bonchev–Trinajstić information content (AvgIpc) is 2.91. The standard InChI is InChI=1S/C12H21N3O3/c1-9(13)11(16)14-4-6-15(7-5-14)12(17)10-3-2-8-18-10/h9-10H,2-8,13H2,1H3/t9-,10?/m0/s1. The molecule has 2 atom stereocenters. The summed E-state index contributed by atoms with van der Waals surface area (Å²) < 4.78 is 5.39. The molecule has 6 nitrogen and oxygen atoms in total. The maximum Gasteiger partial charge on any atom is 0.251 e. The van der Waals surface area contributed by atoms with Gasteiger partial charge in [-0.1, -0.05) is 0 Å². The first-order valence-corrected chi connectivity index (χ1v) is 6.54. The van der Waals surface area contributed by atoms with E-state index in [1.165, 1.54) is 0 Å². The van der Waals surface area contributed by atoms with Gasteiger partial charge < -0.3 is 20.3 Å². The molecule has 2 fully saturated rings. The second kappa shape index (κ2) is 5.67. The van der Waals surface area contributed by atoms with E-state index in [1.54, 1.807) is 16.7 Å². The van der Waals surface area contributed by atoms with E-state index in [0.29, 0.717) is 32.8 Å². The van der Waals surface area contributed by atoms with E-state index >= 15 is 0 Å². The van der Waals surface area contributed by atoms with Crippen molar-refractivity contribution in [3.8, 4) is 0 Å². The summed E-state index contributed by atoms with van der Waals surface area (Å²) in [5.41, 5.74) is 5.57. The third-order valence-electron chi connectivity index (χ3n) is 3.50. The van der Waals surface area contributed by atoms with E-state index in [4.69, 9.17) is 10.5 Å². The van der Waals surface area contributed by atoms with Gasteiger partial charge in [0.25, 0.3) is 5.91 Å². The summed E-state index contributed by atoms with van der Waals surface area (Å²) in [7, 11) is 0.